The Balaban J connectivity index is 2.79. The maximum Gasteiger partial charge on any atom is 0.254 e. The predicted molar refractivity (Wildman–Crippen MR) is 87.9 cm³/mol. The lowest BCUT2D eigenvalue weighted by molar-refractivity contribution is 0.0960. The van der Waals surface area contributed by atoms with Gasteiger partial charge in [-0.25, -0.2) is 0 Å². The summed E-state index contributed by atoms with van der Waals surface area (Å²) in [6.45, 7) is 3.81. The molecule has 0 aliphatic carbocycles. The van der Waals surface area contributed by atoms with Gasteiger partial charge in [0, 0.05) is 12.4 Å². The van der Waals surface area contributed by atoms with Crippen LogP contribution in [0.25, 0.3) is 10.8 Å². The number of ether oxygens (including phenoxy) is 3. The summed E-state index contributed by atoms with van der Waals surface area (Å²) in [5.41, 5.74) is 0.165. The first-order valence-electron chi connectivity index (χ1n) is 7.23. The third-order valence-electron chi connectivity index (χ3n) is 3.37. The minimum atomic E-state index is -0.382. The number of carbonyl (C=O) groups is 1. The van der Waals surface area contributed by atoms with Crippen molar-refractivity contribution in [2.24, 2.45) is 0 Å². The molecule has 0 bridgehead atoms. The number of carbonyl (C=O) groups excluding carboxylic acids is 1. The second kappa shape index (κ2) is 6.64. The zero-order valence-electron chi connectivity index (χ0n) is 13.9. The van der Waals surface area contributed by atoms with Crippen molar-refractivity contribution in [3.63, 3.8) is 0 Å². The molecule has 2 N–H and O–H groups in total. The van der Waals surface area contributed by atoms with Crippen LogP contribution in [0.5, 0.6) is 23.0 Å². The minimum absolute atomic E-state index is 0.0511. The van der Waals surface area contributed by atoms with Crippen molar-refractivity contribution >= 4 is 16.7 Å². The van der Waals surface area contributed by atoms with Crippen LogP contribution in [0.4, 0.5) is 0 Å². The molecule has 124 valence electrons. The monoisotopic (exact) mass is 319 g/mol. The summed E-state index contributed by atoms with van der Waals surface area (Å²) in [5.74, 6) is 0.916. The van der Waals surface area contributed by atoms with E-state index in [1.165, 1.54) is 27.3 Å². The summed E-state index contributed by atoms with van der Waals surface area (Å²) in [5, 5.41) is 13.9. The molecule has 2 rings (SSSR count). The zero-order chi connectivity index (χ0) is 17.1. The number of phenolic OH excluding ortho intramolecular Hbond substituents is 1. The molecular formula is C17H21NO5. The number of aromatic hydroxyl groups is 1. The van der Waals surface area contributed by atoms with Gasteiger partial charge in [-0.1, -0.05) is 0 Å². The second-order valence-corrected chi connectivity index (χ2v) is 5.28. The second-order valence-electron chi connectivity index (χ2n) is 5.28. The lowest BCUT2D eigenvalue weighted by Gasteiger charge is -2.18. The van der Waals surface area contributed by atoms with E-state index in [0.29, 0.717) is 28.0 Å². The van der Waals surface area contributed by atoms with Gasteiger partial charge in [-0.05, 0) is 37.4 Å². The van der Waals surface area contributed by atoms with E-state index < -0.39 is 0 Å². The molecule has 0 radical (unpaired) electrons. The summed E-state index contributed by atoms with van der Waals surface area (Å²) < 4.78 is 16.6. The van der Waals surface area contributed by atoms with E-state index in [9.17, 15) is 9.90 Å². The van der Waals surface area contributed by atoms with E-state index in [2.05, 4.69) is 5.32 Å². The Hall–Kier alpha value is -2.63. The van der Waals surface area contributed by atoms with E-state index in [0.717, 1.165) is 0 Å². The van der Waals surface area contributed by atoms with E-state index in [1.54, 1.807) is 12.1 Å². The summed E-state index contributed by atoms with van der Waals surface area (Å²) in [7, 11) is 4.54. The van der Waals surface area contributed by atoms with Crippen LogP contribution in [0.15, 0.2) is 18.2 Å². The number of rotatable bonds is 5. The van der Waals surface area contributed by atoms with Crippen molar-refractivity contribution in [3.05, 3.63) is 23.8 Å². The van der Waals surface area contributed by atoms with Crippen molar-refractivity contribution in [1.29, 1.82) is 0 Å². The average molecular weight is 319 g/mol. The molecule has 0 aliphatic rings. The van der Waals surface area contributed by atoms with Crippen molar-refractivity contribution in [3.8, 4) is 23.0 Å². The van der Waals surface area contributed by atoms with Gasteiger partial charge in [0.25, 0.3) is 5.91 Å². The van der Waals surface area contributed by atoms with Crippen molar-refractivity contribution in [2.75, 3.05) is 21.3 Å². The number of benzene rings is 2. The number of phenols is 1. The lowest BCUT2D eigenvalue weighted by Crippen LogP contribution is -2.17. The van der Waals surface area contributed by atoms with Gasteiger partial charge < -0.3 is 24.6 Å². The molecule has 6 nitrogen and oxygen atoms in total. The Morgan fingerprint density at radius 2 is 1.78 bits per heavy atom. The molecule has 0 fully saturated rings. The number of amides is 1. The maximum absolute atomic E-state index is 11.9. The van der Waals surface area contributed by atoms with Gasteiger partial charge in [-0.15, -0.1) is 0 Å². The molecule has 0 saturated heterocycles. The fourth-order valence-electron chi connectivity index (χ4n) is 2.42. The molecule has 0 spiro atoms. The van der Waals surface area contributed by atoms with E-state index in [-0.39, 0.29) is 23.3 Å². The van der Waals surface area contributed by atoms with Gasteiger partial charge in [0.15, 0.2) is 11.5 Å². The topological polar surface area (TPSA) is 77.0 Å². The Morgan fingerprint density at radius 1 is 1.13 bits per heavy atom. The first-order valence-corrected chi connectivity index (χ1v) is 7.23. The van der Waals surface area contributed by atoms with Crippen LogP contribution in [0.3, 0.4) is 0 Å². The first kappa shape index (κ1) is 16.7. The summed E-state index contributed by atoms with van der Waals surface area (Å²) in [6, 6.07) is 4.84. The van der Waals surface area contributed by atoms with Crippen LogP contribution in [0, 0.1) is 0 Å². The Bertz CT molecular complexity index is 740. The Labute approximate surface area is 135 Å². The summed E-state index contributed by atoms with van der Waals surface area (Å²) in [4.78, 5) is 11.9. The van der Waals surface area contributed by atoms with Gasteiger partial charge in [-0.2, -0.15) is 0 Å². The minimum Gasteiger partial charge on any atom is -0.507 e. The zero-order valence-corrected chi connectivity index (χ0v) is 13.9. The highest BCUT2D eigenvalue weighted by Gasteiger charge is 2.20. The van der Waals surface area contributed by atoms with Gasteiger partial charge in [-0.3, -0.25) is 4.79 Å². The Kier molecular flexibility index (Phi) is 4.83. The van der Waals surface area contributed by atoms with Crippen molar-refractivity contribution in [2.45, 2.75) is 20.0 Å². The van der Waals surface area contributed by atoms with Gasteiger partial charge in [0.05, 0.1) is 25.9 Å². The van der Waals surface area contributed by atoms with Crippen LogP contribution < -0.4 is 19.5 Å². The molecule has 0 unspecified atom stereocenters. The van der Waals surface area contributed by atoms with Crippen LogP contribution >= 0.6 is 0 Å². The number of methoxy groups -OCH3 is 2. The summed E-state index contributed by atoms with van der Waals surface area (Å²) in [6.07, 6.45) is -0.0511. The van der Waals surface area contributed by atoms with Crippen molar-refractivity contribution in [1.82, 2.24) is 5.32 Å². The van der Waals surface area contributed by atoms with E-state index >= 15 is 0 Å². The molecule has 0 atom stereocenters. The predicted octanol–water partition coefficient (Wildman–Crippen LogP) is 2.71. The molecular weight excluding hydrogens is 298 g/mol. The summed E-state index contributed by atoms with van der Waals surface area (Å²) >= 11 is 0. The quantitative estimate of drug-likeness (QED) is 0.886. The SMILES string of the molecule is CNC(=O)c1cc2c(OC)c(OC)c(OC(C)C)cc2cc1O. The van der Waals surface area contributed by atoms with Crippen LogP contribution in [0.1, 0.15) is 24.2 Å². The third kappa shape index (κ3) is 3.11. The lowest BCUT2D eigenvalue weighted by atomic mass is 10.0. The highest BCUT2D eigenvalue weighted by Crippen LogP contribution is 2.45. The largest absolute Gasteiger partial charge is 0.507 e. The normalized spacial score (nSPS) is 10.7. The molecule has 2 aromatic rings. The molecule has 23 heavy (non-hydrogen) atoms. The standard InChI is InChI=1S/C17H21NO5/c1-9(2)23-14-7-10-6-13(19)12(17(20)18-3)8-11(10)15(21-4)16(14)22-5/h6-9,19H,1-5H3,(H,18,20). The highest BCUT2D eigenvalue weighted by atomic mass is 16.5. The smallest absolute Gasteiger partial charge is 0.254 e. The molecule has 0 saturated carbocycles. The van der Waals surface area contributed by atoms with E-state index in [4.69, 9.17) is 14.2 Å². The molecule has 0 aromatic heterocycles. The molecule has 2 aromatic carbocycles. The van der Waals surface area contributed by atoms with Crippen LogP contribution in [-0.2, 0) is 0 Å². The number of fused-ring (bicyclic) bond motifs is 1. The van der Waals surface area contributed by atoms with E-state index in [1.807, 2.05) is 13.8 Å². The maximum atomic E-state index is 11.9. The average Bonchev–Trinajstić information content (AvgIpc) is 2.51. The number of hydrogen-bond donors (Lipinski definition) is 2. The van der Waals surface area contributed by atoms with Gasteiger partial charge >= 0.3 is 0 Å². The van der Waals surface area contributed by atoms with Crippen LogP contribution in [-0.4, -0.2) is 38.4 Å². The fourth-order valence-corrected chi connectivity index (χ4v) is 2.42. The number of nitrogens with one attached hydrogen (secondary N) is 1. The number of hydrogen-bond acceptors (Lipinski definition) is 5. The Morgan fingerprint density at radius 3 is 2.30 bits per heavy atom. The van der Waals surface area contributed by atoms with Crippen LogP contribution in [0.2, 0.25) is 0 Å². The first-order chi connectivity index (χ1) is 10.9. The molecule has 1 amide bonds. The van der Waals surface area contributed by atoms with Gasteiger partial charge in [0.1, 0.15) is 5.75 Å². The molecule has 0 aliphatic heterocycles. The molecule has 6 heteroatoms. The van der Waals surface area contributed by atoms with Gasteiger partial charge in [0.2, 0.25) is 5.75 Å². The third-order valence-corrected chi connectivity index (χ3v) is 3.37. The molecule has 0 heterocycles. The fraction of sp³-hybridized carbons (Fsp3) is 0.353. The highest BCUT2D eigenvalue weighted by molar-refractivity contribution is 6.04. The van der Waals surface area contributed by atoms with Crippen molar-refractivity contribution < 1.29 is 24.1 Å².